The van der Waals surface area contributed by atoms with Gasteiger partial charge in [-0.25, -0.2) is 0 Å². The number of ether oxygens (including phenoxy) is 4. The Kier molecular flexibility index (Phi) is 22.9. The summed E-state index contributed by atoms with van der Waals surface area (Å²) in [6.45, 7) is 16.0. The quantitative estimate of drug-likeness (QED) is 0.0746. The predicted octanol–water partition coefficient (Wildman–Crippen LogP) is 4.84. The SMILES string of the molecule is CC[C@H](C)[C@@H]([C@@H](CC(=O)N1CCC[C@H]1[C@H](OC)[C@@H](C)C(=O)C[C@@H](Cc1c[nH]c2ccccc12)C(N)=O)OC)N(C)C(=O)[C@@H](CC(=O)[C@H](C(C)C)N(C)CCOCCOCCN1C(=O)C=CC1=O)C(C)C. The Bertz CT molecular complexity index is 2090. The van der Waals surface area contributed by atoms with Gasteiger partial charge < -0.3 is 39.5 Å². The van der Waals surface area contributed by atoms with Crippen molar-refractivity contribution in [1.29, 1.82) is 0 Å². The number of aromatic amines is 1. The van der Waals surface area contributed by atoms with E-state index in [0.29, 0.717) is 45.6 Å². The van der Waals surface area contributed by atoms with Gasteiger partial charge >= 0.3 is 0 Å². The van der Waals surface area contributed by atoms with E-state index in [1.165, 1.54) is 12.2 Å². The largest absolute Gasteiger partial charge is 0.379 e. The van der Waals surface area contributed by atoms with E-state index in [9.17, 15) is 33.6 Å². The Hall–Kier alpha value is -4.81. The van der Waals surface area contributed by atoms with Gasteiger partial charge in [0.2, 0.25) is 17.7 Å². The van der Waals surface area contributed by atoms with Crippen molar-refractivity contribution in [3.8, 4) is 0 Å². The molecule has 70 heavy (non-hydrogen) atoms. The molecule has 17 nitrogen and oxygen atoms in total. The Labute approximate surface area is 415 Å². The summed E-state index contributed by atoms with van der Waals surface area (Å²) in [6.07, 6.45) is 5.38. The molecular weight excluding hydrogens is 897 g/mol. The lowest BCUT2D eigenvalue weighted by atomic mass is 9.83. The molecule has 9 atom stereocenters. The first-order valence-electron chi connectivity index (χ1n) is 25.2. The molecule has 1 aromatic heterocycles. The molecule has 2 aliphatic rings. The molecule has 3 N–H and O–H groups in total. The van der Waals surface area contributed by atoms with Crippen molar-refractivity contribution in [2.75, 3.05) is 74.4 Å². The molecule has 1 saturated heterocycles. The van der Waals surface area contributed by atoms with E-state index >= 15 is 0 Å². The van der Waals surface area contributed by atoms with Crippen LogP contribution in [0.25, 0.3) is 10.9 Å². The fourth-order valence-corrected chi connectivity index (χ4v) is 10.4. The molecule has 3 heterocycles. The summed E-state index contributed by atoms with van der Waals surface area (Å²) < 4.78 is 23.5. The number of hydrogen-bond donors (Lipinski definition) is 2. The van der Waals surface area contributed by atoms with Crippen molar-refractivity contribution in [1.82, 2.24) is 24.6 Å². The first-order chi connectivity index (χ1) is 33.3. The summed E-state index contributed by atoms with van der Waals surface area (Å²) in [5.74, 6) is -4.05. The second-order valence-electron chi connectivity index (χ2n) is 20.0. The number of likely N-dealkylation sites (tertiary alicyclic amines) is 1. The van der Waals surface area contributed by atoms with Crippen LogP contribution in [0.4, 0.5) is 0 Å². The fourth-order valence-electron chi connectivity index (χ4n) is 10.4. The molecule has 17 heteroatoms. The van der Waals surface area contributed by atoms with Crippen molar-refractivity contribution < 1.29 is 52.5 Å². The van der Waals surface area contributed by atoms with Crippen LogP contribution in [-0.4, -0.2) is 170 Å². The molecule has 1 aromatic carbocycles. The minimum absolute atomic E-state index is 0.00914. The van der Waals surface area contributed by atoms with Crippen LogP contribution in [-0.2, 0) is 58.9 Å². The van der Waals surface area contributed by atoms with E-state index in [1.807, 2.05) is 84.0 Å². The van der Waals surface area contributed by atoms with Crippen molar-refractivity contribution in [2.24, 2.45) is 41.2 Å². The van der Waals surface area contributed by atoms with E-state index in [2.05, 4.69) is 4.98 Å². The molecule has 0 unspecified atom stereocenters. The van der Waals surface area contributed by atoms with Crippen molar-refractivity contribution in [3.63, 3.8) is 0 Å². The number of hydrogen-bond acceptors (Lipinski definition) is 12. The van der Waals surface area contributed by atoms with Crippen LogP contribution in [0.1, 0.15) is 92.6 Å². The van der Waals surface area contributed by atoms with Crippen molar-refractivity contribution in [3.05, 3.63) is 48.2 Å². The van der Waals surface area contributed by atoms with Gasteiger partial charge in [-0.05, 0) is 55.7 Å². The molecule has 390 valence electrons. The molecule has 1 fully saturated rings. The smallest absolute Gasteiger partial charge is 0.253 e. The van der Waals surface area contributed by atoms with Crippen molar-refractivity contribution >= 4 is 52.0 Å². The highest BCUT2D eigenvalue weighted by molar-refractivity contribution is 6.12. The van der Waals surface area contributed by atoms with Crippen LogP contribution in [0.5, 0.6) is 0 Å². The minimum atomic E-state index is -0.720. The number of Topliss-reactive ketones (excluding diaryl/α,β-unsaturated/α-hetero) is 2. The second-order valence-corrected chi connectivity index (χ2v) is 20.0. The van der Waals surface area contributed by atoms with Gasteiger partial charge in [0.1, 0.15) is 5.78 Å². The Morgan fingerprint density at radius 1 is 0.843 bits per heavy atom. The van der Waals surface area contributed by atoms with Crippen LogP contribution in [0.3, 0.4) is 0 Å². The van der Waals surface area contributed by atoms with Gasteiger partial charge in [-0.15, -0.1) is 0 Å². The third-order valence-electron chi connectivity index (χ3n) is 14.6. The number of H-pyrrole nitrogens is 1. The number of likely N-dealkylation sites (N-methyl/N-ethyl adjacent to an activating group) is 2. The second kappa shape index (κ2) is 27.7. The number of carbonyl (C=O) groups is 7. The maximum absolute atomic E-state index is 14.7. The van der Waals surface area contributed by atoms with Crippen LogP contribution in [0.2, 0.25) is 0 Å². The molecule has 0 radical (unpaired) electrons. The zero-order chi connectivity index (χ0) is 51.8. The molecule has 0 saturated carbocycles. The summed E-state index contributed by atoms with van der Waals surface area (Å²) in [5, 5.41) is 0.975. The number of fused-ring (bicyclic) bond motifs is 1. The maximum Gasteiger partial charge on any atom is 0.253 e. The number of ketones is 2. The lowest BCUT2D eigenvalue weighted by Crippen LogP contribution is -2.54. The molecule has 4 rings (SSSR count). The molecule has 2 aliphatic heterocycles. The summed E-state index contributed by atoms with van der Waals surface area (Å²) in [6, 6.07) is 6.43. The number of nitrogens with zero attached hydrogens (tertiary/aromatic N) is 4. The highest BCUT2D eigenvalue weighted by Gasteiger charge is 2.43. The van der Waals surface area contributed by atoms with E-state index in [-0.39, 0.29) is 92.0 Å². The number of aromatic nitrogens is 1. The van der Waals surface area contributed by atoms with E-state index < -0.39 is 54.0 Å². The van der Waals surface area contributed by atoms with Gasteiger partial charge in [0.05, 0.1) is 69.7 Å². The molecule has 2 aromatic rings. The minimum Gasteiger partial charge on any atom is -0.379 e. The number of amides is 5. The fraction of sp³-hybridized carbons (Fsp3) is 0.679. The van der Waals surface area contributed by atoms with E-state index in [4.69, 9.17) is 24.7 Å². The third kappa shape index (κ3) is 15.1. The number of para-hydroxylation sites is 1. The van der Waals surface area contributed by atoms with E-state index in [1.54, 1.807) is 38.0 Å². The highest BCUT2D eigenvalue weighted by atomic mass is 16.5. The van der Waals surface area contributed by atoms with Gasteiger partial charge in [-0.3, -0.25) is 43.4 Å². The Morgan fingerprint density at radius 3 is 2.10 bits per heavy atom. The molecule has 0 bridgehead atoms. The highest BCUT2D eigenvalue weighted by Crippen LogP contribution is 2.32. The van der Waals surface area contributed by atoms with Gasteiger partial charge in [0, 0.05) is 94.2 Å². The standard InChI is InChI=1S/C53H82N6O11/c1-12-35(6)50(57(9)53(66)40(33(2)3)30-44(61)49(34(4)5)56(8)22-24-69-26-27-70-25-23-59-46(62)19-20-47(59)63)45(67-10)31-48(64)58-21-15-18-42(58)51(68-11)36(7)43(60)29-37(52(54)65)28-38-32-55-41-17-14-13-16-39(38)41/h13-14,16-17,19-20,32-37,40,42,45,49-51,55H,12,15,18,21-31H2,1-11H3,(H2,54,65)/t35-,36-,37+,40-,42-,45+,49-,50-,51+/m0/s1. The number of nitrogens with one attached hydrogen (secondary N) is 1. The zero-order valence-corrected chi connectivity index (χ0v) is 43.6. The zero-order valence-electron chi connectivity index (χ0n) is 43.6. The first kappa shape index (κ1) is 57.8. The summed E-state index contributed by atoms with van der Waals surface area (Å²) in [4.78, 5) is 103. The average Bonchev–Trinajstić information content (AvgIpc) is 4.06. The number of nitrogens with two attached hydrogens (primary N) is 1. The Morgan fingerprint density at radius 2 is 1.50 bits per heavy atom. The number of primary amides is 1. The summed E-state index contributed by atoms with van der Waals surface area (Å²) in [7, 11) is 6.73. The maximum atomic E-state index is 14.7. The third-order valence-corrected chi connectivity index (χ3v) is 14.6. The lowest BCUT2D eigenvalue weighted by Gasteiger charge is -2.41. The van der Waals surface area contributed by atoms with E-state index in [0.717, 1.165) is 27.8 Å². The van der Waals surface area contributed by atoms with Crippen LogP contribution < -0.4 is 5.73 Å². The number of imide groups is 1. The number of benzene rings is 1. The van der Waals surface area contributed by atoms with Crippen LogP contribution >= 0.6 is 0 Å². The lowest BCUT2D eigenvalue weighted by molar-refractivity contribution is -0.149. The molecular formula is C53H82N6O11. The molecule has 0 aliphatic carbocycles. The number of rotatable bonds is 32. The van der Waals surface area contributed by atoms with Gasteiger partial charge in [0.25, 0.3) is 11.8 Å². The van der Waals surface area contributed by atoms with Gasteiger partial charge in [-0.1, -0.05) is 73.1 Å². The first-order valence-corrected chi connectivity index (χ1v) is 25.2. The predicted molar refractivity (Wildman–Crippen MR) is 267 cm³/mol. The molecule has 0 spiro atoms. The number of methoxy groups -OCH3 is 2. The topological polar surface area (TPSA) is 211 Å². The molecule has 5 amide bonds. The normalized spacial score (nSPS) is 18.7. The Balaban J connectivity index is 1.37. The van der Waals surface area contributed by atoms with Crippen LogP contribution in [0.15, 0.2) is 42.6 Å². The van der Waals surface area contributed by atoms with Crippen LogP contribution in [0, 0.1) is 35.5 Å². The van der Waals surface area contributed by atoms with Crippen molar-refractivity contribution in [2.45, 2.75) is 124 Å². The summed E-state index contributed by atoms with van der Waals surface area (Å²) >= 11 is 0. The average molecular weight is 979 g/mol. The monoisotopic (exact) mass is 979 g/mol. The van der Waals surface area contributed by atoms with Gasteiger partial charge in [0.15, 0.2) is 5.78 Å². The summed E-state index contributed by atoms with van der Waals surface area (Å²) in [5.41, 5.74) is 7.71. The number of carbonyl (C=O) groups excluding carboxylic acids is 7. The van der Waals surface area contributed by atoms with Gasteiger partial charge in [-0.2, -0.15) is 0 Å².